The zero-order valence-corrected chi connectivity index (χ0v) is 18.6. The van der Waals surface area contributed by atoms with Crippen molar-refractivity contribution in [1.29, 1.82) is 0 Å². The van der Waals surface area contributed by atoms with Gasteiger partial charge < -0.3 is 16.0 Å². The Bertz CT molecular complexity index is 1140. The molecule has 1 aliphatic rings. The first-order valence-corrected chi connectivity index (χ1v) is 11.2. The third-order valence-electron chi connectivity index (χ3n) is 6.03. The summed E-state index contributed by atoms with van der Waals surface area (Å²) in [5.41, 5.74) is 7.85. The van der Waals surface area contributed by atoms with Crippen LogP contribution in [0.2, 0.25) is 0 Å². The van der Waals surface area contributed by atoms with E-state index in [1.165, 1.54) is 0 Å². The molecule has 1 aliphatic carbocycles. The Balaban J connectivity index is 1.57. The summed E-state index contributed by atoms with van der Waals surface area (Å²) < 4.78 is 27.6. The van der Waals surface area contributed by atoms with Gasteiger partial charge in [0.15, 0.2) is 0 Å². The van der Waals surface area contributed by atoms with E-state index in [0.29, 0.717) is 24.1 Å². The van der Waals surface area contributed by atoms with Crippen molar-refractivity contribution in [1.82, 2.24) is 9.88 Å². The number of nitrogens with one attached hydrogen (secondary N) is 1. The molecule has 0 bridgehead atoms. The van der Waals surface area contributed by atoms with E-state index >= 15 is 0 Å². The highest BCUT2D eigenvalue weighted by atomic mass is 19.1. The van der Waals surface area contributed by atoms with Crippen LogP contribution in [0.15, 0.2) is 67.0 Å². The molecule has 0 radical (unpaired) electrons. The highest BCUT2D eigenvalue weighted by Gasteiger charge is 2.29. The largest absolute Gasteiger partial charge is 0.331 e. The molecular weight excluding hydrogens is 438 g/mol. The van der Waals surface area contributed by atoms with E-state index in [1.807, 2.05) is 6.07 Å². The fourth-order valence-electron chi connectivity index (χ4n) is 4.27. The molecule has 0 saturated heterocycles. The second kappa shape index (κ2) is 10.5. The van der Waals surface area contributed by atoms with Gasteiger partial charge >= 0.3 is 0 Å². The van der Waals surface area contributed by atoms with Gasteiger partial charge in [-0.15, -0.1) is 0 Å². The van der Waals surface area contributed by atoms with Crippen LogP contribution in [0, 0.1) is 11.6 Å². The number of aromatic nitrogens is 1. The minimum Gasteiger partial charge on any atom is -0.331 e. The standard InChI is InChI=1S/C26H26F2N4O2/c27-20-13-19(14-21(28)15-20)26(34)32(24-6-4-22(29)5-7-24)16-17-2-1-3-23(12-17)31-25(33)18-8-10-30-11-9-18/h1-3,8-15,22,24H,4-7,16,29H2,(H,31,33). The van der Waals surface area contributed by atoms with Gasteiger partial charge in [0.2, 0.25) is 0 Å². The average Bonchev–Trinajstić information content (AvgIpc) is 2.83. The Labute approximate surface area is 196 Å². The lowest BCUT2D eigenvalue weighted by molar-refractivity contribution is 0.0605. The summed E-state index contributed by atoms with van der Waals surface area (Å²) in [5, 5.41) is 2.85. The smallest absolute Gasteiger partial charge is 0.255 e. The molecule has 34 heavy (non-hydrogen) atoms. The van der Waals surface area contributed by atoms with Crippen LogP contribution in [0.4, 0.5) is 14.5 Å². The molecule has 3 N–H and O–H groups in total. The van der Waals surface area contributed by atoms with Crippen LogP contribution in [-0.4, -0.2) is 33.8 Å². The fourth-order valence-corrected chi connectivity index (χ4v) is 4.27. The minimum absolute atomic E-state index is 0.0329. The van der Waals surface area contributed by atoms with Gasteiger partial charge in [-0.1, -0.05) is 12.1 Å². The first-order chi connectivity index (χ1) is 16.4. The van der Waals surface area contributed by atoms with Crippen molar-refractivity contribution in [2.75, 3.05) is 5.32 Å². The molecule has 4 rings (SSSR count). The lowest BCUT2D eigenvalue weighted by Crippen LogP contribution is -2.44. The van der Waals surface area contributed by atoms with E-state index in [2.05, 4.69) is 10.3 Å². The van der Waals surface area contributed by atoms with E-state index in [1.54, 1.807) is 47.6 Å². The van der Waals surface area contributed by atoms with E-state index in [0.717, 1.165) is 36.6 Å². The van der Waals surface area contributed by atoms with Crippen LogP contribution >= 0.6 is 0 Å². The Kier molecular flexibility index (Phi) is 7.27. The average molecular weight is 465 g/mol. The van der Waals surface area contributed by atoms with Gasteiger partial charge in [0.05, 0.1) is 0 Å². The topological polar surface area (TPSA) is 88.3 Å². The van der Waals surface area contributed by atoms with Crippen LogP contribution in [-0.2, 0) is 6.54 Å². The van der Waals surface area contributed by atoms with E-state index in [-0.39, 0.29) is 30.1 Å². The molecule has 1 fully saturated rings. The SMILES string of the molecule is NC1CCC(N(Cc2cccc(NC(=O)c3ccncc3)c2)C(=O)c2cc(F)cc(F)c2)CC1. The molecule has 0 spiro atoms. The number of hydrogen-bond donors (Lipinski definition) is 2. The maximum atomic E-state index is 13.8. The Morgan fingerprint density at radius 3 is 2.29 bits per heavy atom. The third kappa shape index (κ3) is 5.82. The molecular formula is C26H26F2N4O2. The van der Waals surface area contributed by atoms with Crippen molar-refractivity contribution >= 4 is 17.5 Å². The van der Waals surface area contributed by atoms with E-state index in [4.69, 9.17) is 5.73 Å². The monoisotopic (exact) mass is 464 g/mol. The highest BCUT2D eigenvalue weighted by Crippen LogP contribution is 2.26. The van der Waals surface area contributed by atoms with Gasteiger partial charge in [0.25, 0.3) is 11.8 Å². The van der Waals surface area contributed by atoms with Gasteiger partial charge in [0.1, 0.15) is 11.6 Å². The number of nitrogens with two attached hydrogens (primary N) is 1. The number of rotatable bonds is 6. The molecule has 1 heterocycles. The van der Waals surface area contributed by atoms with Crippen LogP contribution in [0.25, 0.3) is 0 Å². The lowest BCUT2D eigenvalue weighted by atomic mass is 9.90. The summed E-state index contributed by atoms with van der Waals surface area (Å²) in [5.74, 6) is -2.31. The van der Waals surface area contributed by atoms with Crippen molar-refractivity contribution in [3.05, 3.63) is 95.3 Å². The first kappa shape index (κ1) is 23.5. The minimum atomic E-state index is -0.796. The zero-order chi connectivity index (χ0) is 24.1. The number of hydrogen-bond acceptors (Lipinski definition) is 4. The summed E-state index contributed by atoms with van der Waals surface area (Å²) in [4.78, 5) is 31.4. The predicted octanol–water partition coefficient (Wildman–Crippen LogP) is 4.52. The molecule has 6 nitrogen and oxygen atoms in total. The van der Waals surface area contributed by atoms with Gasteiger partial charge in [-0.25, -0.2) is 8.78 Å². The molecule has 2 aromatic carbocycles. The Hall–Kier alpha value is -3.65. The summed E-state index contributed by atoms with van der Waals surface area (Å²) in [7, 11) is 0. The van der Waals surface area contributed by atoms with Crippen molar-refractivity contribution in [2.24, 2.45) is 5.73 Å². The van der Waals surface area contributed by atoms with Crippen molar-refractivity contribution in [2.45, 2.75) is 44.3 Å². The second-order valence-corrected chi connectivity index (χ2v) is 8.55. The van der Waals surface area contributed by atoms with Gasteiger partial charge in [-0.05, 0) is 67.6 Å². The fraction of sp³-hybridized carbons (Fsp3) is 0.269. The van der Waals surface area contributed by atoms with Crippen molar-refractivity contribution < 1.29 is 18.4 Å². The number of carbonyl (C=O) groups excluding carboxylic acids is 2. The van der Waals surface area contributed by atoms with Gasteiger partial charge in [-0.2, -0.15) is 0 Å². The summed E-state index contributed by atoms with van der Waals surface area (Å²) in [6.45, 7) is 0.232. The van der Waals surface area contributed by atoms with Crippen LogP contribution in [0.1, 0.15) is 52.0 Å². The molecule has 3 aromatic rings. The number of halogens is 2. The number of nitrogens with zero attached hydrogens (tertiary/aromatic N) is 2. The van der Waals surface area contributed by atoms with E-state index in [9.17, 15) is 18.4 Å². The number of amides is 2. The predicted molar refractivity (Wildman–Crippen MR) is 125 cm³/mol. The van der Waals surface area contributed by atoms with Crippen LogP contribution in [0.3, 0.4) is 0 Å². The van der Waals surface area contributed by atoms with Gasteiger partial charge in [-0.3, -0.25) is 14.6 Å². The Morgan fingerprint density at radius 1 is 0.941 bits per heavy atom. The van der Waals surface area contributed by atoms with Crippen molar-refractivity contribution in [3.8, 4) is 0 Å². The lowest BCUT2D eigenvalue weighted by Gasteiger charge is -2.36. The third-order valence-corrected chi connectivity index (χ3v) is 6.03. The molecule has 8 heteroatoms. The molecule has 1 saturated carbocycles. The summed E-state index contributed by atoms with van der Waals surface area (Å²) >= 11 is 0. The maximum absolute atomic E-state index is 13.8. The second-order valence-electron chi connectivity index (χ2n) is 8.55. The summed E-state index contributed by atoms with van der Waals surface area (Å²) in [6.07, 6.45) is 6.05. The number of benzene rings is 2. The van der Waals surface area contributed by atoms with E-state index < -0.39 is 17.5 Å². The highest BCUT2D eigenvalue weighted by molar-refractivity contribution is 6.04. The number of anilines is 1. The maximum Gasteiger partial charge on any atom is 0.255 e. The van der Waals surface area contributed by atoms with Crippen molar-refractivity contribution in [3.63, 3.8) is 0 Å². The number of carbonyl (C=O) groups is 2. The molecule has 1 aromatic heterocycles. The quantitative estimate of drug-likeness (QED) is 0.561. The first-order valence-electron chi connectivity index (χ1n) is 11.2. The molecule has 0 atom stereocenters. The normalized spacial score (nSPS) is 17.7. The molecule has 176 valence electrons. The molecule has 0 aliphatic heterocycles. The van der Waals surface area contributed by atoms with Crippen LogP contribution in [0.5, 0.6) is 0 Å². The Morgan fingerprint density at radius 2 is 1.62 bits per heavy atom. The van der Waals surface area contributed by atoms with Gasteiger partial charge in [0, 0.05) is 53.9 Å². The molecule has 2 amide bonds. The summed E-state index contributed by atoms with van der Waals surface area (Å²) in [6, 6.07) is 13.3. The van der Waals surface area contributed by atoms with Crippen LogP contribution < -0.4 is 11.1 Å². The zero-order valence-electron chi connectivity index (χ0n) is 18.6. The number of pyridine rings is 1. The molecule has 0 unspecified atom stereocenters.